The lowest BCUT2D eigenvalue weighted by Gasteiger charge is -2.30. The normalized spacial score (nSPS) is 11.0. The Kier molecular flexibility index (Phi) is 7.20. The molecule has 0 aliphatic carbocycles. The zero-order chi connectivity index (χ0) is 16.7. The van der Waals surface area contributed by atoms with Crippen molar-refractivity contribution in [2.75, 3.05) is 18.4 Å². The fourth-order valence-electron chi connectivity index (χ4n) is 2.25. The molecule has 0 saturated heterocycles. The third kappa shape index (κ3) is 5.95. The molecule has 1 aromatic carbocycles. The highest BCUT2D eigenvalue weighted by Gasteiger charge is 2.12. The number of non-ortho nitro benzene ring substituents is 1. The van der Waals surface area contributed by atoms with Gasteiger partial charge in [0.2, 0.25) is 0 Å². The summed E-state index contributed by atoms with van der Waals surface area (Å²) in [6, 6.07) is 7.14. The molecule has 0 unspecified atom stereocenters. The van der Waals surface area contributed by atoms with Gasteiger partial charge in [0.25, 0.3) is 5.69 Å². The van der Waals surface area contributed by atoms with Crippen molar-refractivity contribution in [1.82, 2.24) is 10.2 Å². The van der Waals surface area contributed by atoms with Crippen molar-refractivity contribution in [1.29, 1.82) is 0 Å². The first-order chi connectivity index (χ1) is 10.3. The van der Waals surface area contributed by atoms with Gasteiger partial charge in [0, 0.05) is 43.0 Å². The fourth-order valence-corrected chi connectivity index (χ4v) is 2.47. The molecule has 0 heterocycles. The lowest BCUT2D eigenvalue weighted by molar-refractivity contribution is -0.384. The molecule has 0 radical (unpaired) electrons. The van der Waals surface area contributed by atoms with Crippen LogP contribution >= 0.6 is 12.2 Å². The standard InChI is InChI=1S/C15H24N4O2S/c1-11(2)18(12(3)4)10-9-16-15(22)17-13-5-7-14(8-6-13)19(20)21/h5-8,11-12H,9-10H2,1-4H3,(H2,16,17,22). The van der Waals surface area contributed by atoms with Crippen LogP contribution in [0.15, 0.2) is 24.3 Å². The minimum atomic E-state index is -0.424. The van der Waals surface area contributed by atoms with Gasteiger partial charge in [-0.05, 0) is 52.0 Å². The summed E-state index contributed by atoms with van der Waals surface area (Å²) in [5.41, 5.74) is 0.793. The van der Waals surface area contributed by atoms with Crippen LogP contribution in [0.4, 0.5) is 11.4 Å². The van der Waals surface area contributed by atoms with Crippen LogP contribution in [0, 0.1) is 10.1 Å². The van der Waals surface area contributed by atoms with Crippen LogP contribution in [-0.4, -0.2) is 40.1 Å². The van der Waals surface area contributed by atoms with E-state index in [0.717, 1.165) is 18.8 Å². The van der Waals surface area contributed by atoms with Crippen LogP contribution in [0.3, 0.4) is 0 Å². The smallest absolute Gasteiger partial charge is 0.269 e. The van der Waals surface area contributed by atoms with Gasteiger partial charge in [-0.2, -0.15) is 0 Å². The molecule has 0 amide bonds. The van der Waals surface area contributed by atoms with E-state index in [-0.39, 0.29) is 5.69 Å². The van der Waals surface area contributed by atoms with Crippen LogP contribution in [0.2, 0.25) is 0 Å². The van der Waals surface area contributed by atoms with Crippen molar-refractivity contribution < 1.29 is 4.92 Å². The summed E-state index contributed by atoms with van der Waals surface area (Å²) >= 11 is 5.23. The van der Waals surface area contributed by atoms with E-state index >= 15 is 0 Å². The Labute approximate surface area is 137 Å². The first kappa shape index (κ1) is 18.3. The molecule has 0 aliphatic rings. The average Bonchev–Trinajstić information content (AvgIpc) is 2.43. The first-order valence-electron chi connectivity index (χ1n) is 7.36. The Morgan fingerprint density at radius 1 is 1.23 bits per heavy atom. The van der Waals surface area contributed by atoms with Gasteiger partial charge >= 0.3 is 0 Å². The lowest BCUT2D eigenvalue weighted by atomic mass is 10.2. The molecular formula is C15H24N4O2S. The topological polar surface area (TPSA) is 70.4 Å². The Balaban J connectivity index is 2.41. The van der Waals surface area contributed by atoms with Crippen LogP contribution < -0.4 is 10.6 Å². The molecule has 0 bridgehead atoms. The van der Waals surface area contributed by atoms with Gasteiger partial charge in [0.1, 0.15) is 0 Å². The maximum absolute atomic E-state index is 10.6. The predicted molar refractivity (Wildman–Crippen MR) is 94.3 cm³/mol. The van der Waals surface area contributed by atoms with Gasteiger partial charge in [0.15, 0.2) is 5.11 Å². The molecule has 1 aromatic rings. The summed E-state index contributed by atoms with van der Waals surface area (Å²) in [6.45, 7) is 10.3. The second-order valence-corrected chi connectivity index (χ2v) is 6.02. The van der Waals surface area contributed by atoms with E-state index in [1.807, 2.05) is 0 Å². The number of thiocarbonyl (C=S) groups is 1. The fraction of sp³-hybridized carbons (Fsp3) is 0.533. The van der Waals surface area contributed by atoms with Gasteiger partial charge < -0.3 is 10.6 Å². The SMILES string of the molecule is CC(C)N(CCNC(=S)Nc1ccc([N+](=O)[O-])cc1)C(C)C. The van der Waals surface area contributed by atoms with Gasteiger partial charge in [0.05, 0.1) is 4.92 Å². The lowest BCUT2D eigenvalue weighted by Crippen LogP contribution is -2.43. The Morgan fingerprint density at radius 2 is 1.77 bits per heavy atom. The van der Waals surface area contributed by atoms with Crippen molar-refractivity contribution in [3.63, 3.8) is 0 Å². The summed E-state index contributed by atoms with van der Waals surface area (Å²) in [4.78, 5) is 12.5. The molecule has 0 saturated carbocycles. The molecule has 6 nitrogen and oxygen atoms in total. The molecule has 22 heavy (non-hydrogen) atoms. The molecule has 1 rings (SSSR count). The van der Waals surface area contributed by atoms with E-state index in [0.29, 0.717) is 17.2 Å². The molecule has 0 spiro atoms. The maximum atomic E-state index is 10.6. The van der Waals surface area contributed by atoms with E-state index in [1.54, 1.807) is 12.1 Å². The number of nitro benzene ring substituents is 1. The highest BCUT2D eigenvalue weighted by atomic mass is 32.1. The average molecular weight is 324 g/mol. The highest BCUT2D eigenvalue weighted by Crippen LogP contribution is 2.15. The second kappa shape index (κ2) is 8.65. The Hall–Kier alpha value is -1.73. The number of anilines is 1. The summed E-state index contributed by atoms with van der Waals surface area (Å²) in [5, 5.41) is 17.3. The van der Waals surface area contributed by atoms with Crippen molar-refractivity contribution in [3.8, 4) is 0 Å². The summed E-state index contributed by atoms with van der Waals surface area (Å²) in [7, 11) is 0. The minimum absolute atomic E-state index is 0.0638. The van der Waals surface area contributed by atoms with Gasteiger partial charge in [-0.15, -0.1) is 0 Å². The Morgan fingerprint density at radius 3 is 2.23 bits per heavy atom. The van der Waals surface area contributed by atoms with Crippen molar-refractivity contribution in [3.05, 3.63) is 34.4 Å². The highest BCUT2D eigenvalue weighted by molar-refractivity contribution is 7.80. The predicted octanol–water partition coefficient (Wildman–Crippen LogP) is 3.00. The number of hydrogen-bond donors (Lipinski definition) is 2. The molecule has 0 aromatic heterocycles. The number of rotatable bonds is 7. The van der Waals surface area contributed by atoms with Crippen LogP contribution in [0.5, 0.6) is 0 Å². The van der Waals surface area contributed by atoms with Gasteiger partial charge in [-0.1, -0.05) is 0 Å². The molecule has 0 fully saturated rings. The number of benzene rings is 1. The van der Waals surface area contributed by atoms with E-state index in [2.05, 4.69) is 43.2 Å². The molecule has 7 heteroatoms. The van der Waals surface area contributed by atoms with E-state index in [4.69, 9.17) is 12.2 Å². The zero-order valence-electron chi connectivity index (χ0n) is 13.5. The quantitative estimate of drug-likeness (QED) is 0.456. The van der Waals surface area contributed by atoms with Crippen LogP contribution in [-0.2, 0) is 0 Å². The van der Waals surface area contributed by atoms with Crippen molar-refractivity contribution >= 4 is 28.7 Å². The molecule has 0 aliphatic heterocycles. The minimum Gasteiger partial charge on any atom is -0.361 e. The monoisotopic (exact) mass is 324 g/mol. The van der Waals surface area contributed by atoms with Crippen molar-refractivity contribution in [2.45, 2.75) is 39.8 Å². The summed E-state index contributed by atoms with van der Waals surface area (Å²) in [5.74, 6) is 0. The first-order valence-corrected chi connectivity index (χ1v) is 7.77. The number of nitrogens with zero attached hydrogens (tertiary/aromatic N) is 2. The zero-order valence-corrected chi connectivity index (χ0v) is 14.3. The van der Waals surface area contributed by atoms with Gasteiger partial charge in [-0.3, -0.25) is 15.0 Å². The third-order valence-corrected chi connectivity index (χ3v) is 3.56. The molecule has 0 atom stereocenters. The van der Waals surface area contributed by atoms with Crippen LogP contribution in [0.25, 0.3) is 0 Å². The molecule has 122 valence electrons. The summed E-state index contributed by atoms with van der Waals surface area (Å²) < 4.78 is 0. The number of nitrogens with one attached hydrogen (secondary N) is 2. The van der Waals surface area contributed by atoms with E-state index < -0.39 is 4.92 Å². The molecular weight excluding hydrogens is 300 g/mol. The Bertz CT molecular complexity index is 495. The second-order valence-electron chi connectivity index (χ2n) is 5.61. The van der Waals surface area contributed by atoms with Crippen LogP contribution in [0.1, 0.15) is 27.7 Å². The number of nitro groups is 1. The largest absolute Gasteiger partial charge is 0.361 e. The van der Waals surface area contributed by atoms with Crippen molar-refractivity contribution in [2.24, 2.45) is 0 Å². The maximum Gasteiger partial charge on any atom is 0.269 e. The third-order valence-electron chi connectivity index (χ3n) is 3.32. The van der Waals surface area contributed by atoms with Gasteiger partial charge in [-0.25, -0.2) is 0 Å². The number of hydrogen-bond acceptors (Lipinski definition) is 4. The van der Waals surface area contributed by atoms with E-state index in [9.17, 15) is 10.1 Å². The summed E-state index contributed by atoms with van der Waals surface area (Å²) in [6.07, 6.45) is 0. The molecule has 2 N–H and O–H groups in total. The van der Waals surface area contributed by atoms with E-state index in [1.165, 1.54) is 12.1 Å².